The number of hydrogen-bond donors (Lipinski definition) is 1. The zero-order chi connectivity index (χ0) is 16.1. The molecule has 7 heteroatoms. The molecule has 0 aliphatic carbocycles. The number of halogens is 1. The fraction of sp³-hybridized carbons (Fsp3) is 0.133. The molecule has 114 valence electrons. The van der Waals surface area contributed by atoms with Crippen LogP contribution >= 0.6 is 0 Å². The van der Waals surface area contributed by atoms with Crippen molar-refractivity contribution < 1.29 is 18.8 Å². The highest BCUT2D eigenvalue weighted by molar-refractivity contribution is 5.91. The number of carbonyl (C=O) groups is 1. The van der Waals surface area contributed by atoms with E-state index in [9.17, 15) is 19.3 Å². The van der Waals surface area contributed by atoms with Gasteiger partial charge in [0.1, 0.15) is 18.1 Å². The molecular weight excluding hydrogens is 291 g/mol. The zero-order valence-corrected chi connectivity index (χ0v) is 11.7. The van der Waals surface area contributed by atoms with E-state index in [1.807, 2.05) is 0 Å². The quantitative estimate of drug-likeness (QED) is 0.521. The number of esters is 1. The molecule has 0 aromatic heterocycles. The van der Waals surface area contributed by atoms with Crippen LogP contribution in [-0.4, -0.2) is 17.9 Å². The van der Waals surface area contributed by atoms with Crippen molar-refractivity contribution in [1.82, 2.24) is 0 Å². The standard InChI is InChI=1S/C15H13FN2O4/c1-17-13-7-6-10(8-14(13)18(20)21)15(19)22-9-11-4-2-3-5-12(11)16/h2-8,17H,9H2,1H3. The van der Waals surface area contributed by atoms with Crippen LogP contribution < -0.4 is 5.32 Å². The van der Waals surface area contributed by atoms with Gasteiger partial charge >= 0.3 is 5.97 Å². The Kier molecular flexibility index (Phi) is 4.67. The van der Waals surface area contributed by atoms with Crippen LogP contribution in [0.2, 0.25) is 0 Å². The molecule has 22 heavy (non-hydrogen) atoms. The van der Waals surface area contributed by atoms with Gasteiger partial charge in [0.15, 0.2) is 0 Å². The summed E-state index contributed by atoms with van der Waals surface area (Å²) in [7, 11) is 1.54. The lowest BCUT2D eigenvalue weighted by Gasteiger charge is -2.07. The van der Waals surface area contributed by atoms with Crippen molar-refractivity contribution in [3.05, 3.63) is 69.5 Å². The minimum Gasteiger partial charge on any atom is -0.457 e. The second-order valence-electron chi connectivity index (χ2n) is 4.41. The van der Waals surface area contributed by atoms with Crippen molar-refractivity contribution in [2.24, 2.45) is 0 Å². The number of hydrogen-bond acceptors (Lipinski definition) is 5. The Labute approximate surface area is 125 Å². The highest BCUT2D eigenvalue weighted by Crippen LogP contribution is 2.25. The van der Waals surface area contributed by atoms with Gasteiger partial charge in [-0.25, -0.2) is 9.18 Å². The lowest BCUT2D eigenvalue weighted by molar-refractivity contribution is -0.384. The summed E-state index contributed by atoms with van der Waals surface area (Å²) in [6.45, 7) is -0.243. The second-order valence-corrected chi connectivity index (χ2v) is 4.41. The number of rotatable bonds is 5. The molecule has 6 nitrogen and oxygen atoms in total. The summed E-state index contributed by atoms with van der Waals surface area (Å²) in [4.78, 5) is 22.3. The fourth-order valence-corrected chi connectivity index (χ4v) is 1.86. The van der Waals surface area contributed by atoms with Crippen LogP contribution in [0, 0.1) is 15.9 Å². The molecule has 0 heterocycles. The van der Waals surface area contributed by atoms with Gasteiger partial charge in [-0.3, -0.25) is 10.1 Å². The maximum atomic E-state index is 13.4. The number of nitro benzene ring substituents is 1. The summed E-state index contributed by atoms with van der Waals surface area (Å²) in [5.41, 5.74) is 0.317. The van der Waals surface area contributed by atoms with Gasteiger partial charge in [-0.1, -0.05) is 18.2 Å². The van der Waals surface area contributed by atoms with Crippen LogP contribution in [0.15, 0.2) is 42.5 Å². The number of nitrogens with zero attached hydrogens (tertiary/aromatic N) is 1. The first kappa shape index (κ1) is 15.4. The van der Waals surface area contributed by atoms with Crippen molar-refractivity contribution >= 4 is 17.3 Å². The van der Waals surface area contributed by atoms with Crippen LogP contribution in [-0.2, 0) is 11.3 Å². The molecular formula is C15H13FN2O4. The third kappa shape index (κ3) is 3.38. The first-order chi connectivity index (χ1) is 10.5. The highest BCUT2D eigenvalue weighted by Gasteiger charge is 2.18. The predicted octanol–water partition coefficient (Wildman–Crippen LogP) is 3.13. The molecule has 0 spiro atoms. The van der Waals surface area contributed by atoms with E-state index in [2.05, 4.69) is 5.32 Å². The smallest absolute Gasteiger partial charge is 0.338 e. The normalized spacial score (nSPS) is 10.1. The van der Waals surface area contributed by atoms with Gasteiger partial charge in [0, 0.05) is 18.7 Å². The minimum atomic E-state index is -0.756. The number of benzene rings is 2. The Hall–Kier alpha value is -2.96. The molecule has 0 saturated heterocycles. The van der Waals surface area contributed by atoms with E-state index >= 15 is 0 Å². The van der Waals surface area contributed by atoms with Crippen molar-refractivity contribution in [2.45, 2.75) is 6.61 Å². The van der Waals surface area contributed by atoms with E-state index in [1.54, 1.807) is 13.1 Å². The summed E-state index contributed by atoms with van der Waals surface area (Å²) in [5, 5.41) is 13.6. The van der Waals surface area contributed by atoms with Crippen LogP contribution in [0.5, 0.6) is 0 Å². The van der Waals surface area contributed by atoms with E-state index in [1.165, 1.54) is 30.3 Å². The highest BCUT2D eigenvalue weighted by atomic mass is 19.1. The van der Waals surface area contributed by atoms with E-state index in [0.29, 0.717) is 0 Å². The Morgan fingerprint density at radius 1 is 1.32 bits per heavy atom. The Morgan fingerprint density at radius 3 is 2.68 bits per heavy atom. The third-order valence-corrected chi connectivity index (χ3v) is 3.02. The number of carbonyl (C=O) groups excluding carboxylic acids is 1. The maximum Gasteiger partial charge on any atom is 0.338 e. The van der Waals surface area contributed by atoms with Gasteiger partial charge in [0.25, 0.3) is 5.69 Å². The summed E-state index contributed by atoms with van der Waals surface area (Å²) < 4.78 is 18.4. The molecule has 0 unspecified atom stereocenters. The summed E-state index contributed by atoms with van der Waals surface area (Å²) >= 11 is 0. The lowest BCUT2D eigenvalue weighted by Crippen LogP contribution is -2.07. The van der Waals surface area contributed by atoms with E-state index < -0.39 is 16.7 Å². The molecule has 2 aromatic carbocycles. The summed E-state index contributed by atoms with van der Waals surface area (Å²) in [6, 6.07) is 9.85. The van der Waals surface area contributed by atoms with Crippen LogP contribution in [0.4, 0.5) is 15.8 Å². The topological polar surface area (TPSA) is 81.5 Å². The number of anilines is 1. The monoisotopic (exact) mass is 304 g/mol. The van der Waals surface area contributed by atoms with Crippen molar-refractivity contribution in [3.63, 3.8) is 0 Å². The molecule has 0 atom stereocenters. The average molecular weight is 304 g/mol. The summed E-state index contributed by atoms with van der Waals surface area (Å²) in [6.07, 6.45) is 0. The van der Waals surface area contributed by atoms with Gasteiger partial charge < -0.3 is 10.1 Å². The van der Waals surface area contributed by atoms with Crippen molar-refractivity contribution in [2.75, 3.05) is 12.4 Å². The molecule has 1 N–H and O–H groups in total. The Morgan fingerprint density at radius 2 is 2.05 bits per heavy atom. The van der Waals surface area contributed by atoms with Gasteiger partial charge in [-0.05, 0) is 18.2 Å². The van der Waals surface area contributed by atoms with Crippen LogP contribution in [0.1, 0.15) is 15.9 Å². The Balaban J connectivity index is 2.15. The van der Waals surface area contributed by atoms with Crippen LogP contribution in [0.3, 0.4) is 0 Å². The van der Waals surface area contributed by atoms with Crippen LogP contribution in [0.25, 0.3) is 0 Å². The Bertz CT molecular complexity index is 718. The molecule has 0 amide bonds. The van der Waals surface area contributed by atoms with Gasteiger partial charge in [0.05, 0.1) is 10.5 Å². The minimum absolute atomic E-state index is 0.0297. The van der Waals surface area contributed by atoms with Crippen molar-refractivity contribution in [1.29, 1.82) is 0 Å². The lowest BCUT2D eigenvalue weighted by atomic mass is 10.1. The molecule has 0 fully saturated rings. The molecule has 2 aromatic rings. The molecule has 0 bridgehead atoms. The molecule has 0 radical (unpaired) electrons. The number of nitrogens with one attached hydrogen (secondary N) is 1. The number of nitro groups is 1. The average Bonchev–Trinajstić information content (AvgIpc) is 2.53. The van der Waals surface area contributed by atoms with Gasteiger partial charge in [0.2, 0.25) is 0 Å². The molecule has 0 aliphatic rings. The van der Waals surface area contributed by atoms with E-state index in [-0.39, 0.29) is 29.1 Å². The molecule has 0 saturated carbocycles. The van der Waals surface area contributed by atoms with Gasteiger partial charge in [-0.15, -0.1) is 0 Å². The maximum absolute atomic E-state index is 13.4. The largest absolute Gasteiger partial charge is 0.457 e. The summed E-state index contributed by atoms with van der Waals surface area (Å²) in [5.74, 6) is -1.24. The van der Waals surface area contributed by atoms with Gasteiger partial charge in [-0.2, -0.15) is 0 Å². The molecule has 2 rings (SSSR count). The van der Waals surface area contributed by atoms with E-state index in [0.717, 1.165) is 6.07 Å². The first-order valence-electron chi connectivity index (χ1n) is 6.39. The fourth-order valence-electron chi connectivity index (χ4n) is 1.86. The number of ether oxygens (including phenoxy) is 1. The van der Waals surface area contributed by atoms with E-state index in [4.69, 9.17) is 4.74 Å². The first-order valence-corrected chi connectivity index (χ1v) is 6.39. The third-order valence-electron chi connectivity index (χ3n) is 3.02. The van der Waals surface area contributed by atoms with Crippen molar-refractivity contribution in [3.8, 4) is 0 Å². The predicted molar refractivity (Wildman–Crippen MR) is 78.2 cm³/mol. The zero-order valence-electron chi connectivity index (χ0n) is 11.7. The second kappa shape index (κ2) is 6.66. The SMILES string of the molecule is CNc1ccc(C(=O)OCc2ccccc2F)cc1[N+](=O)[O-]. The molecule has 0 aliphatic heterocycles.